The van der Waals surface area contributed by atoms with Gasteiger partial charge in [-0.2, -0.15) is 0 Å². The maximum atomic E-state index is 5.32. The van der Waals surface area contributed by atoms with Crippen LogP contribution in [-0.4, -0.2) is 48.6 Å². The third-order valence-electron chi connectivity index (χ3n) is 3.82. The molecule has 2 aromatic rings. The minimum Gasteiger partial charge on any atom is -0.375 e. The molecular formula is C17H28IN5OS2. The van der Waals surface area contributed by atoms with Gasteiger partial charge in [0.1, 0.15) is 11.1 Å². The van der Waals surface area contributed by atoms with Crippen molar-refractivity contribution in [2.24, 2.45) is 4.99 Å². The van der Waals surface area contributed by atoms with Crippen molar-refractivity contribution in [2.75, 3.05) is 27.7 Å². The highest BCUT2D eigenvalue weighted by Gasteiger charge is 2.12. The summed E-state index contributed by atoms with van der Waals surface area (Å²) < 4.78 is 5.32. The molecule has 0 saturated carbocycles. The third kappa shape index (κ3) is 6.75. The summed E-state index contributed by atoms with van der Waals surface area (Å²) in [6.07, 6.45) is 3.96. The number of methoxy groups -OCH3 is 1. The lowest BCUT2D eigenvalue weighted by Crippen LogP contribution is -2.39. The highest BCUT2D eigenvalue weighted by atomic mass is 127. The Morgan fingerprint density at radius 1 is 1.46 bits per heavy atom. The molecule has 0 fully saturated rings. The van der Waals surface area contributed by atoms with Crippen LogP contribution in [0.15, 0.2) is 16.6 Å². The van der Waals surface area contributed by atoms with Gasteiger partial charge < -0.3 is 15.0 Å². The van der Waals surface area contributed by atoms with Crippen LogP contribution in [0.1, 0.15) is 40.5 Å². The van der Waals surface area contributed by atoms with Gasteiger partial charge in [-0.25, -0.2) is 9.97 Å². The lowest BCUT2D eigenvalue weighted by Gasteiger charge is -2.21. The van der Waals surface area contributed by atoms with Crippen molar-refractivity contribution in [1.82, 2.24) is 20.2 Å². The zero-order chi connectivity index (χ0) is 18.2. The third-order valence-corrected chi connectivity index (χ3v) is 6.07. The fraction of sp³-hybridized carbons (Fsp3) is 0.588. The summed E-state index contributed by atoms with van der Waals surface area (Å²) in [5.74, 6) is 0.863. The number of aliphatic imine (C=N–C) groups is 1. The molecule has 0 bridgehead atoms. The van der Waals surface area contributed by atoms with Gasteiger partial charge in [-0.1, -0.05) is 6.92 Å². The van der Waals surface area contributed by atoms with E-state index in [1.807, 2.05) is 20.2 Å². The minimum atomic E-state index is 0. The molecule has 0 amide bonds. The molecule has 146 valence electrons. The maximum absolute atomic E-state index is 5.32. The molecule has 0 aliphatic carbocycles. The van der Waals surface area contributed by atoms with Gasteiger partial charge in [-0.3, -0.25) is 4.99 Å². The molecule has 0 aromatic carbocycles. The van der Waals surface area contributed by atoms with E-state index in [-0.39, 0.29) is 30.1 Å². The quantitative estimate of drug-likeness (QED) is 0.334. The van der Waals surface area contributed by atoms with Gasteiger partial charge in [-0.15, -0.1) is 46.7 Å². The van der Waals surface area contributed by atoms with Crippen molar-refractivity contribution in [3.63, 3.8) is 0 Å². The molecule has 0 saturated heterocycles. The largest absolute Gasteiger partial charge is 0.375 e. The second kappa shape index (κ2) is 11.8. The van der Waals surface area contributed by atoms with E-state index in [4.69, 9.17) is 4.74 Å². The van der Waals surface area contributed by atoms with E-state index >= 15 is 0 Å². The summed E-state index contributed by atoms with van der Waals surface area (Å²) >= 11 is 3.42. The normalized spacial score (nSPS) is 12.6. The monoisotopic (exact) mass is 509 g/mol. The number of thiazole rings is 2. The fourth-order valence-electron chi connectivity index (χ4n) is 2.29. The van der Waals surface area contributed by atoms with Crippen LogP contribution in [-0.2, 0) is 24.1 Å². The molecule has 0 radical (unpaired) electrons. The van der Waals surface area contributed by atoms with Crippen molar-refractivity contribution < 1.29 is 4.74 Å². The van der Waals surface area contributed by atoms with Crippen LogP contribution in [0.2, 0.25) is 0 Å². The van der Waals surface area contributed by atoms with Crippen LogP contribution < -0.4 is 5.32 Å². The Labute approximate surface area is 181 Å². The van der Waals surface area contributed by atoms with Crippen molar-refractivity contribution in [1.29, 1.82) is 0 Å². The summed E-state index contributed by atoms with van der Waals surface area (Å²) in [5, 5.41) is 7.65. The predicted molar refractivity (Wildman–Crippen MR) is 121 cm³/mol. The summed E-state index contributed by atoms with van der Waals surface area (Å²) in [5.41, 5.74) is 1.03. The Hall–Kier alpha value is -0.780. The second-order valence-electron chi connectivity index (χ2n) is 5.71. The summed E-state index contributed by atoms with van der Waals surface area (Å²) in [7, 11) is 5.53. The van der Waals surface area contributed by atoms with Gasteiger partial charge in [0.05, 0.1) is 17.2 Å². The average molecular weight is 509 g/mol. The number of guanidine groups is 1. The van der Waals surface area contributed by atoms with E-state index in [0.29, 0.717) is 6.54 Å². The molecule has 2 aromatic heterocycles. The van der Waals surface area contributed by atoms with E-state index in [2.05, 4.69) is 37.5 Å². The first-order valence-corrected chi connectivity index (χ1v) is 10.1. The standard InChI is InChI=1S/C17H27N5OS2.HI/c1-6-14-9-20-15(25-14)7-8-19-17(18-3)22(4)10-13-11-24-16(21-13)12(2)23-5;/h9,11-12H,6-8,10H2,1-5H3,(H,18,19);1H. The van der Waals surface area contributed by atoms with Crippen molar-refractivity contribution in [2.45, 2.75) is 39.3 Å². The molecule has 2 rings (SSSR count). The van der Waals surface area contributed by atoms with Crippen molar-refractivity contribution in [3.8, 4) is 0 Å². The second-order valence-corrected chi connectivity index (χ2v) is 7.80. The summed E-state index contributed by atoms with van der Waals surface area (Å²) in [6, 6.07) is 0. The molecule has 1 atom stereocenters. The van der Waals surface area contributed by atoms with Gasteiger partial charge in [0, 0.05) is 50.6 Å². The van der Waals surface area contributed by atoms with Gasteiger partial charge in [-0.05, 0) is 13.3 Å². The maximum Gasteiger partial charge on any atom is 0.193 e. The molecule has 0 aliphatic rings. The van der Waals surface area contributed by atoms with Gasteiger partial charge in [0.15, 0.2) is 5.96 Å². The van der Waals surface area contributed by atoms with Crippen LogP contribution in [0.5, 0.6) is 0 Å². The highest BCUT2D eigenvalue weighted by Crippen LogP contribution is 2.21. The molecule has 6 nitrogen and oxygen atoms in total. The Morgan fingerprint density at radius 2 is 2.23 bits per heavy atom. The number of rotatable bonds is 8. The topological polar surface area (TPSA) is 62.6 Å². The Bertz CT molecular complexity index is 688. The number of hydrogen-bond donors (Lipinski definition) is 1. The summed E-state index contributed by atoms with van der Waals surface area (Å²) in [6.45, 7) is 5.69. The lowest BCUT2D eigenvalue weighted by molar-refractivity contribution is 0.119. The fourth-order valence-corrected chi connectivity index (χ4v) is 4.00. The molecule has 1 unspecified atom stereocenters. The smallest absolute Gasteiger partial charge is 0.193 e. The SMILES string of the molecule is CCc1cnc(CCNC(=NC)N(C)Cc2csc(C(C)OC)n2)s1.I. The van der Waals surface area contributed by atoms with Crippen LogP contribution in [0.25, 0.3) is 0 Å². The first-order chi connectivity index (χ1) is 12.1. The molecule has 26 heavy (non-hydrogen) atoms. The van der Waals surface area contributed by atoms with E-state index in [1.165, 1.54) is 9.88 Å². The number of halogens is 1. The van der Waals surface area contributed by atoms with E-state index in [0.717, 1.165) is 36.0 Å². The first-order valence-electron chi connectivity index (χ1n) is 8.39. The average Bonchev–Trinajstić information content (AvgIpc) is 3.27. The van der Waals surface area contributed by atoms with E-state index in [9.17, 15) is 0 Å². The number of aromatic nitrogens is 2. The van der Waals surface area contributed by atoms with E-state index in [1.54, 1.807) is 36.8 Å². The minimum absolute atomic E-state index is 0. The number of ether oxygens (including phenoxy) is 1. The molecule has 0 spiro atoms. The number of nitrogens with zero attached hydrogens (tertiary/aromatic N) is 4. The van der Waals surface area contributed by atoms with Crippen molar-refractivity contribution >= 4 is 52.6 Å². The number of nitrogens with one attached hydrogen (secondary N) is 1. The lowest BCUT2D eigenvalue weighted by atomic mass is 10.4. The van der Waals surface area contributed by atoms with Crippen LogP contribution in [0, 0.1) is 0 Å². The van der Waals surface area contributed by atoms with Crippen LogP contribution >= 0.6 is 46.7 Å². The van der Waals surface area contributed by atoms with Gasteiger partial charge in [0.25, 0.3) is 0 Å². The van der Waals surface area contributed by atoms with Gasteiger partial charge >= 0.3 is 0 Å². The molecule has 0 aliphatic heterocycles. The highest BCUT2D eigenvalue weighted by molar-refractivity contribution is 14.0. The molecule has 1 N–H and O–H groups in total. The van der Waals surface area contributed by atoms with Crippen LogP contribution in [0.3, 0.4) is 0 Å². The van der Waals surface area contributed by atoms with Crippen molar-refractivity contribution in [3.05, 3.63) is 32.2 Å². The van der Waals surface area contributed by atoms with Gasteiger partial charge in [0.2, 0.25) is 0 Å². The number of aryl methyl sites for hydroxylation is 1. The molecular weight excluding hydrogens is 481 g/mol. The predicted octanol–water partition coefficient (Wildman–Crippen LogP) is 3.74. The zero-order valence-corrected chi connectivity index (χ0v) is 19.9. The zero-order valence-electron chi connectivity index (χ0n) is 16.0. The Morgan fingerprint density at radius 3 is 2.85 bits per heavy atom. The summed E-state index contributed by atoms with van der Waals surface area (Å²) in [4.78, 5) is 16.9. The Balaban J connectivity index is 0.00000338. The molecule has 9 heteroatoms. The van der Waals surface area contributed by atoms with E-state index < -0.39 is 0 Å². The molecule has 2 heterocycles. The number of hydrogen-bond acceptors (Lipinski definition) is 6. The Kier molecular flexibility index (Phi) is 10.6. The first kappa shape index (κ1) is 23.3. The van der Waals surface area contributed by atoms with Crippen LogP contribution in [0.4, 0.5) is 0 Å².